The highest BCUT2D eigenvalue weighted by atomic mass is 16.7. The van der Waals surface area contributed by atoms with Gasteiger partial charge in [-0.25, -0.2) is 0 Å². The van der Waals surface area contributed by atoms with Gasteiger partial charge in [0.15, 0.2) is 5.76 Å². The number of aliphatic hydroxyl groups is 1. The fraction of sp³-hybridized carbons (Fsp3) is 0.538. The quantitative estimate of drug-likeness (QED) is 0.489. The van der Waals surface area contributed by atoms with Crippen molar-refractivity contribution in [1.29, 1.82) is 0 Å². The molecule has 0 unspecified atom stereocenters. The highest BCUT2D eigenvalue weighted by Crippen LogP contribution is 2.42. The summed E-state index contributed by atoms with van der Waals surface area (Å²) in [5, 5.41) is 13.4. The second-order valence-electron chi connectivity index (χ2n) is 8.81. The summed E-state index contributed by atoms with van der Waals surface area (Å²) >= 11 is 0. The van der Waals surface area contributed by atoms with E-state index in [4.69, 9.17) is 13.9 Å². The number of rotatable bonds is 11. The molecule has 1 aromatic heterocycles. The Bertz CT molecular complexity index is 1020. The van der Waals surface area contributed by atoms with Gasteiger partial charge in [0.25, 0.3) is 5.91 Å². The topological polar surface area (TPSA) is 101 Å². The number of hydrogen-bond acceptors (Lipinski definition) is 6. The van der Waals surface area contributed by atoms with Crippen LogP contribution in [-0.4, -0.2) is 61.0 Å². The Hall–Kier alpha value is -2.84. The Morgan fingerprint density at radius 2 is 2.15 bits per heavy atom. The summed E-state index contributed by atoms with van der Waals surface area (Å²) in [5.74, 6) is -0.121. The van der Waals surface area contributed by atoms with E-state index < -0.39 is 6.29 Å². The van der Waals surface area contributed by atoms with E-state index in [2.05, 4.69) is 5.32 Å². The van der Waals surface area contributed by atoms with Crippen LogP contribution in [0.15, 0.2) is 46.8 Å². The number of para-hydroxylation sites is 1. The van der Waals surface area contributed by atoms with Gasteiger partial charge < -0.3 is 29.2 Å². The maximum Gasteiger partial charge on any atom is 0.286 e. The van der Waals surface area contributed by atoms with Crippen LogP contribution < -0.4 is 5.32 Å². The minimum Gasteiger partial charge on any atom is -0.464 e. The Labute approximate surface area is 199 Å². The molecule has 3 atom stereocenters. The molecule has 2 aromatic rings. The van der Waals surface area contributed by atoms with Crippen LogP contribution in [0.25, 0.3) is 11.0 Å². The monoisotopic (exact) mass is 470 g/mol. The number of hydrogen-bond donors (Lipinski definition) is 2. The van der Waals surface area contributed by atoms with Crippen molar-refractivity contribution in [3.05, 3.63) is 47.9 Å². The fourth-order valence-electron chi connectivity index (χ4n) is 4.88. The Balaban J connectivity index is 1.52. The highest BCUT2D eigenvalue weighted by Gasteiger charge is 2.39. The van der Waals surface area contributed by atoms with Gasteiger partial charge in [0.2, 0.25) is 12.2 Å². The molecule has 2 aliphatic rings. The lowest BCUT2D eigenvalue weighted by Crippen LogP contribution is -2.39. The average Bonchev–Trinajstić information content (AvgIpc) is 3.46. The van der Waals surface area contributed by atoms with Gasteiger partial charge in [-0.3, -0.25) is 9.59 Å². The number of furan rings is 1. The summed E-state index contributed by atoms with van der Waals surface area (Å²) in [5.41, 5.74) is 1.76. The molecule has 2 amide bonds. The highest BCUT2D eigenvalue weighted by molar-refractivity contribution is 5.92. The van der Waals surface area contributed by atoms with E-state index in [0.29, 0.717) is 45.4 Å². The molecule has 1 fully saturated rings. The maximum absolute atomic E-state index is 13.0. The Morgan fingerprint density at radius 3 is 2.91 bits per heavy atom. The maximum atomic E-state index is 13.0. The molecule has 1 aromatic carbocycles. The lowest BCUT2D eigenvalue weighted by Gasteiger charge is -2.36. The SMILES string of the molecule is CCO[C@H]1OC(C(=O)NCCCN2CCCC2=O)=C[C@@H](c2coc3ccccc23)[C@@H]1CCCO. The molecular formula is C26H34N2O6. The van der Waals surface area contributed by atoms with Gasteiger partial charge >= 0.3 is 0 Å². The second kappa shape index (κ2) is 11.5. The number of amides is 2. The van der Waals surface area contributed by atoms with E-state index >= 15 is 0 Å². The number of nitrogens with zero attached hydrogens (tertiary/aromatic N) is 1. The first-order chi connectivity index (χ1) is 16.6. The molecule has 8 nitrogen and oxygen atoms in total. The van der Waals surface area contributed by atoms with E-state index in [-0.39, 0.29) is 36.0 Å². The average molecular weight is 471 g/mol. The summed E-state index contributed by atoms with van der Waals surface area (Å²) in [6, 6.07) is 7.82. The van der Waals surface area contributed by atoms with Crippen LogP contribution in [0.5, 0.6) is 0 Å². The first-order valence-corrected chi connectivity index (χ1v) is 12.3. The van der Waals surface area contributed by atoms with Crippen molar-refractivity contribution < 1.29 is 28.6 Å². The fourth-order valence-corrected chi connectivity index (χ4v) is 4.88. The molecule has 0 bridgehead atoms. The third-order valence-corrected chi connectivity index (χ3v) is 6.57. The van der Waals surface area contributed by atoms with E-state index in [1.165, 1.54) is 0 Å². The molecule has 0 radical (unpaired) electrons. The molecule has 2 N–H and O–H groups in total. The number of carbonyl (C=O) groups is 2. The van der Waals surface area contributed by atoms with Crippen LogP contribution in [0.3, 0.4) is 0 Å². The van der Waals surface area contributed by atoms with Crippen molar-refractivity contribution in [2.45, 2.75) is 51.2 Å². The largest absolute Gasteiger partial charge is 0.464 e. The summed E-state index contributed by atoms with van der Waals surface area (Å²) in [7, 11) is 0. The third-order valence-electron chi connectivity index (χ3n) is 6.57. The number of fused-ring (bicyclic) bond motifs is 1. The van der Waals surface area contributed by atoms with Gasteiger partial charge in [-0.15, -0.1) is 0 Å². The number of nitrogens with one attached hydrogen (secondary N) is 1. The second-order valence-corrected chi connectivity index (χ2v) is 8.81. The molecular weight excluding hydrogens is 436 g/mol. The third kappa shape index (κ3) is 5.45. The van der Waals surface area contributed by atoms with E-state index in [1.807, 2.05) is 42.2 Å². The molecule has 4 rings (SSSR count). The predicted octanol–water partition coefficient (Wildman–Crippen LogP) is 3.31. The minimum atomic E-state index is -0.608. The Kier molecular flexibility index (Phi) is 8.24. The standard InChI is InChI=1S/C26H34N2O6/c1-2-32-26-19(9-6-15-29)20(21-17-33-22-10-4-3-8-18(21)22)16-23(34-26)25(31)27-12-7-14-28-13-5-11-24(28)30/h3-4,8,10,16-17,19-20,26,29H,2,5-7,9,11-15H2,1H3,(H,27,31)/t19-,20+,26-/m0/s1. The van der Waals surface area contributed by atoms with Gasteiger partial charge in [0.1, 0.15) is 5.58 Å². The Morgan fingerprint density at radius 1 is 1.29 bits per heavy atom. The van der Waals surface area contributed by atoms with Crippen molar-refractivity contribution in [1.82, 2.24) is 10.2 Å². The zero-order valence-electron chi connectivity index (χ0n) is 19.7. The normalized spacial score (nSPS) is 22.6. The van der Waals surface area contributed by atoms with Crippen LogP contribution in [-0.2, 0) is 19.1 Å². The van der Waals surface area contributed by atoms with Crippen molar-refractivity contribution in [2.24, 2.45) is 5.92 Å². The van der Waals surface area contributed by atoms with Crippen molar-refractivity contribution in [2.75, 3.05) is 32.8 Å². The van der Waals surface area contributed by atoms with Gasteiger partial charge in [0, 0.05) is 62.1 Å². The van der Waals surface area contributed by atoms with Crippen LogP contribution in [0.4, 0.5) is 0 Å². The summed E-state index contributed by atoms with van der Waals surface area (Å²) in [4.78, 5) is 26.6. The molecule has 0 saturated carbocycles. The zero-order chi connectivity index (χ0) is 23.9. The number of benzene rings is 1. The van der Waals surface area contributed by atoms with Gasteiger partial charge in [0.05, 0.1) is 6.26 Å². The van der Waals surface area contributed by atoms with Crippen molar-refractivity contribution in [3.8, 4) is 0 Å². The smallest absolute Gasteiger partial charge is 0.286 e. The first kappa shape index (κ1) is 24.3. The molecule has 0 spiro atoms. The van der Waals surface area contributed by atoms with Gasteiger partial charge in [-0.1, -0.05) is 18.2 Å². The molecule has 184 valence electrons. The molecule has 0 aliphatic carbocycles. The van der Waals surface area contributed by atoms with Crippen LogP contribution >= 0.6 is 0 Å². The molecule has 1 saturated heterocycles. The molecule has 8 heteroatoms. The summed E-state index contributed by atoms with van der Waals surface area (Å²) in [6.07, 6.45) is 6.50. The van der Waals surface area contributed by atoms with E-state index in [1.54, 1.807) is 6.26 Å². The predicted molar refractivity (Wildman–Crippen MR) is 127 cm³/mol. The molecule has 2 aliphatic heterocycles. The number of ether oxygens (including phenoxy) is 2. The first-order valence-electron chi connectivity index (χ1n) is 12.3. The number of aliphatic hydroxyl groups excluding tert-OH is 1. The van der Waals surface area contributed by atoms with Crippen LogP contribution in [0, 0.1) is 5.92 Å². The van der Waals surface area contributed by atoms with Gasteiger partial charge in [-0.2, -0.15) is 0 Å². The lowest BCUT2D eigenvalue weighted by atomic mass is 9.80. The zero-order valence-corrected chi connectivity index (χ0v) is 19.7. The van der Waals surface area contributed by atoms with Crippen LogP contribution in [0.2, 0.25) is 0 Å². The summed E-state index contributed by atoms with van der Waals surface area (Å²) in [6.45, 7) is 4.31. The molecule has 34 heavy (non-hydrogen) atoms. The minimum absolute atomic E-state index is 0.0742. The van der Waals surface area contributed by atoms with E-state index in [0.717, 1.165) is 29.5 Å². The lowest BCUT2D eigenvalue weighted by molar-refractivity contribution is -0.166. The number of allylic oxidation sites excluding steroid dienone is 1. The van der Waals surface area contributed by atoms with Crippen molar-refractivity contribution in [3.63, 3.8) is 0 Å². The van der Waals surface area contributed by atoms with Crippen molar-refractivity contribution >= 4 is 22.8 Å². The van der Waals surface area contributed by atoms with E-state index in [9.17, 15) is 14.7 Å². The van der Waals surface area contributed by atoms with Gasteiger partial charge in [-0.05, 0) is 44.7 Å². The summed E-state index contributed by atoms with van der Waals surface area (Å²) < 4.78 is 17.7. The number of likely N-dealkylation sites (tertiary alicyclic amines) is 1. The molecule has 3 heterocycles. The van der Waals surface area contributed by atoms with Crippen LogP contribution in [0.1, 0.15) is 50.5 Å². The number of carbonyl (C=O) groups excluding carboxylic acids is 2.